The zero-order valence-corrected chi connectivity index (χ0v) is 15.0. The first-order chi connectivity index (χ1) is 10.4. The quantitative estimate of drug-likeness (QED) is 0.620. The molecule has 2 heterocycles. The number of thiazole rings is 1. The lowest BCUT2D eigenvalue weighted by atomic mass is 10.1. The highest BCUT2D eigenvalue weighted by Crippen LogP contribution is 2.18. The first kappa shape index (κ1) is 17.2. The van der Waals surface area contributed by atoms with Crippen molar-refractivity contribution < 1.29 is 8.42 Å². The molecule has 1 aromatic rings. The number of aromatic nitrogens is 1. The Bertz CT molecular complexity index is 618. The van der Waals surface area contributed by atoms with Crippen LogP contribution in [-0.4, -0.2) is 44.0 Å². The van der Waals surface area contributed by atoms with Gasteiger partial charge in [-0.3, -0.25) is 0 Å². The minimum absolute atomic E-state index is 0.179. The third-order valence-electron chi connectivity index (χ3n) is 3.67. The molecule has 2 N–H and O–H groups in total. The SMILES string of the molecule is CCNC(=NCc1nc(C)c(C)s1)NCC1CCS(=O)(=O)C1. The predicted molar refractivity (Wildman–Crippen MR) is 91.2 cm³/mol. The summed E-state index contributed by atoms with van der Waals surface area (Å²) < 4.78 is 23.0. The topological polar surface area (TPSA) is 83.4 Å². The van der Waals surface area contributed by atoms with Crippen molar-refractivity contribution in [3.63, 3.8) is 0 Å². The molecule has 1 fully saturated rings. The van der Waals surface area contributed by atoms with Crippen molar-refractivity contribution in [2.45, 2.75) is 33.7 Å². The largest absolute Gasteiger partial charge is 0.357 e. The molecule has 6 nitrogen and oxygen atoms in total. The maximum absolute atomic E-state index is 11.5. The molecule has 1 unspecified atom stereocenters. The van der Waals surface area contributed by atoms with Crippen LogP contribution in [0.3, 0.4) is 0 Å². The second-order valence-corrected chi connectivity index (χ2v) is 9.11. The lowest BCUT2D eigenvalue weighted by molar-refractivity contribution is 0.567. The lowest BCUT2D eigenvalue weighted by Gasteiger charge is -2.13. The van der Waals surface area contributed by atoms with Crippen LogP contribution in [-0.2, 0) is 16.4 Å². The number of rotatable bonds is 5. The number of hydrogen-bond donors (Lipinski definition) is 2. The van der Waals surface area contributed by atoms with Gasteiger partial charge in [-0.2, -0.15) is 0 Å². The van der Waals surface area contributed by atoms with E-state index in [-0.39, 0.29) is 11.7 Å². The molecule has 0 spiro atoms. The van der Waals surface area contributed by atoms with Crippen molar-refractivity contribution in [1.82, 2.24) is 15.6 Å². The second-order valence-electron chi connectivity index (χ2n) is 5.59. The summed E-state index contributed by atoms with van der Waals surface area (Å²) in [6, 6.07) is 0. The maximum Gasteiger partial charge on any atom is 0.191 e. The molecule has 1 aliphatic rings. The summed E-state index contributed by atoms with van der Waals surface area (Å²) in [6.07, 6.45) is 0.736. The first-order valence-corrected chi connectivity index (χ1v) is 10.2. The summed E-state index contributed by atoms with van der Waals surface area (Å²) in [5.74, 6) is 1.49. The monoisotopic (exact) mass is 344 g/mol. The van der Waals surface area contributed by atoms with Crippen LogP contribution < -0.4 is 10.6 Å². The van der Waals surface area contributed by atoms with E-state index >= 15 is 0 Å². The van der Waals surface area contributed by atoms with Gasteiger partial charge in [0.2, 0.25) is 0 Å². The molecule has 0 amide bonds. The molecule has 124 valence electrons. The van der Waals surface area contributed by atoms with Crippen LogP contribution in [0.4, 0.5) is 0 Å². The lowest BCUT2D eigenvalue weighted by Crippen LogP contribution is -2.40. The van der Waals surface area contributed by atoms with Crippen molar-refractivity contribution >= 4 is 27.1 Å². The van der Waals surface area contributed by atoms with E-state index in [0.717, 1.165) is 29.6 Å². The molecular formula is C14H24N4O2S2. The van der Waals surface area contributed by atoms with Gasteiger partial charge < -0.3 is 10.6 Å². The van der Waals surface area contributed by atoms with Crippen LogP contribution in [0.5, 0.6) is 0 Å². The standard InChI is InChI=1S/C14H24N4O2S2/c1-4-15-14(16-7-12-5-6-22(19,20)9-12)17-8-13-18-10(2)11(3)21-13/h12H,4-9H2,1-3H3,(H2,15,16,17). The Morgan fingerprint density at radius 3 is 2.73 bits per heavy atom. The fourth-order valence-electron chi connectivity index (χ4n) is 2.37. The Morgan fingerprint density at radius 2 is 2.18 bits per heavy atom. The highest BCUT2D eigenvalue weighted by Gasteiger charge is 2.27. The molecule has 0 bridgehead atoms. The molecule has 22 heavy (non-hydrogen) atoms. The van der Waals surface area contributed by atoms with E-state index < -0.39 is 9.84 Å². The smallest absolute Gasteiger partial charge is 0.191 e. The van der Waals surface area contributed by atoms with Gasteiger partial charge >= 0.3 is 0 Å². The highest BCUT2D eigenvalue weighted by molar-refractivity contribution is 7.91. The van der Waals surface area contributed by atoms with Crippen molar-refractivity contribution in [3.8, 4) is 0 Å². The minimum Gasteiger partial charge on any atom is -0.357 e. The average molecular weight is 345 g/mol. The van der Waals surface area contributed by atoms with Crippen LogP contribution in [0.15, 0.2) is 4.99 Å². The Kier molecular flexibility index (Phi) is 5.80. The molecule has 1 aromatic heterocycles. The Morgan fingerprint density at radius 1 is 1.41 bits per heavy atom. The highest BCUT2D eigenvalue weighted by atomic mass is 32.2. The van der Waals surface area contributed by atoms with Crippen LogP contribution in [0.1, 0.15) is 28.9 Å². The fourth-order valence-corrected chi connectivity index (χ4v) is 5.09. The Balaban J connectivity index is 1.90. The minimum atomic E-state index is -2.82. The van der Waals surface area contributed by atoms with E-state index in [4.69, 9.17) is 0 Å². The number of nitrogens with one attached hydrogen (secondary N) is 2. The molecule has 8 heteroatoms. The molecular weight excluding hydrogens is 320 g/mol. The third-order valence-corrected chi connectivity index (χ3v) is 6.57. The van der Waals surface area contributed by atoms with Gasteiger partial charge in [-0.25, -0.2) is 18.4 Å². The van der Waals surface area contributed by atoms with E-state index in [9.17, 15) is 8.42 Å². The summed E-state index contributed by atoms with van der Waals surface area (Å²) in [5.41, 5.74) is 1.06. The van der Waals surface area contributed by atoms with Crippen LogP contribution in [0.25, 0.3) is 0 Å². The number of sulfone groups is 1. The van der Waals surface area contributed by atoms with E-state index in [1.165, 1.54) is 4.88 Å². The van der Waals surface area contributed by atoms with Crippen molar-refractivity contribution in [2.24, 2.45) is 10.9 Å². The Labute approximate surface area is 136 Å². The maximum atomic E-state index is 11.5. The van der Waals surface area contributed by atoms with Crippen molar-refractivity contribution in [2.75, 3.05) is 24.6 Å². The van der Waals surface area contributed by atoms with Gasteiger partial charge in [0.15, 0.2) is 15.8 Å². The molecule has 0 aliphatic carbocycles. The third kappa shape index (κ3) is 4.95. The molecule has 0 radical (unpaired) electrons. The van der Waals surface area contributed by atoms with Crippen molar-refractivity contribution in [1.29, 1.82) is 0 Å². The molecule has 1 aliphatic heterocycles. The van der Waals surface area contributed by atoms with Crippen LogP contribution in [0, 0.1) is 19.8 Å². The normalized spacial score (nSPS) is 21.0. The summed E-state index contributed by atoms with van der Waals surface area (Å²) in [5, 5.41) is 7.42. The number of aliphatic imine (C=N–C) groups is 1. The zero-order valence-electron chi connectivity index (χ0n) is 13.3. The van der Waals surface area contributed by atoms with Gasteiger partial charge in [-0.1, -0.05) is 0 Å². The number of hydrogen-bond acceptors (Lipinski definition) is 5. The molecule has 1 saturated heterocycles. The summed E-state index contributed by atoms with van der Waals surface area (Å²) in [6.45, 7) is 8.02. The molecule has 0 saturated carbocycles. The van der Waals surface area contributed by atoms with E-state index in [1.807, 2.05) is 13.8 Å². The summed E-state index contributed by atoms with van der Waals surface area (Å²) in [7, 11) is -2.82. The van der Waals surface area contributed by atoms with Gasteiger partial charge in [0, 0.05) is 18.0 Å². The Hall–Kier alpha value is -1.15. The van der Waals surface area contributed by atoms with E-state index in [2.05, 4.69) is 27.5 Å². The van der Waals surface area contributed by atoms with Crippen LogP contribution >= 0.6 is 11.3 Å². The number of aryl methyl sites for hydroxylation is 2. The van der Waals surface area contributed by atoms with Crippen LogP contribution in [0.2, 0.25) is 0 Å². The molecule has 1 atom stereocenters. The predicted octanol–water partition coefficient (Wildman–Crippen LogP) is 1.25. The number of nitrogens with zero attached hydrogens (tertiary/aromatic N) is 2. The fraction of sp³-hybridized carbons (Fsp3) is 0.714. The van der Waals surface area contributed by atoms with E-state index in [0.29, 0.717) is 18.8 Å². The second kappa shape index (κ2) is 7.41. The number of guanidine groups is 1. The molecule has 0 aromatic carbocycles. The zero-order chi connectivity index (χ0) is 16.2. The van der Waals surface area contributed by atoms with Gasteiger partial charge in [-0.05, 0) is 33.1 Å². The van der Waals surface area contributed by atoms with Gasteiger partial charge in [0.05, 0.1) is 23.7 Å². The van der Waals surface area contributed by atoms with E-state index in [1.54, 1.807) is 11.3 Å². The van der Waals surface area contributed by atoms with Gasteiger partial charge in [-0.15, -0.1) is 11.3 Å². The summed E-state index contributed by atoms with van der Waals surface area (Å²) in [4.78, 5) is 10.2. The van der Waals surface area contributed by atoms with Gasteiger partial charge in [0.25, 0.3) is 0 Å². The molecule has 2 rings (SSSR count). The average Bonchev–Trinajstić information content (AvgIpc) is 2.96. The van der Waals surface area contributed by atoms with Gasteiger partial charge in [0.1, 0.15) is 5.01 Å². The van der Waals surface area contributed by atoms with Crippen molar-refractivity contribution in [3.05, 3.63) is 15.6 Å². The first-order valence-electron chi connectivity index (χ1n) is 7.55. The summed E-state index contributed by atoms with van der Waals surface area (Å²) >= 11 is 1.66.